The van der Waals surface area contributed by atoms with E-state index in [1.54, 1.807) is 4.90 Å². The van der Waals surface area contributed by atoms with Gasteiger partial charge in [0.1, 0.15) is 0 Å². The molecule has 0 saturated carbocycles. The monoisotopic (exact) mass is 208 g/mol. The summed E-state index contributed by atoms with van der Waals surface area (Å²) in [5.41, 5.74) is 4.22. The summed E-state index contributed by atoms with van der Waals surface area (Å²) in [7, 11) is 0. The van der Waals surface area contributed by atoms with Crippen molar-refractivity contribution >= 4 is 17.8 Å². The second-order valence-corrected chi connectivity index (χ2v) is 3.86. The van der Waals surface area contributed by atoms with Crippen LogP contribution in [0.15, 0.2) is 48.5 Å². The third-order valence-corrected chi connectivity index (χ3v) is 2.94. The lowest BCUT2D eigenvalue weighted by Gasteiger charge is -2.27. The number of carbonyl (C=O) groups excluding carboxylic acids is 1. The first kappa shape index (κ1) is 9.16. The number of hydrogen-bond donors (Lipinski definition) is 0. The normalized spacial score (nSPS) is 12.9. The molecule has 2 aromatic rings. The van der Waals surface area contributed by atoms with Gasteiger partial charge < -0.3 is 0 Å². The van der Waals surface area contributed by atoms with Crippen LogP contribution in [0.2, 0.25) is 0 Å². The third kappa shape index (κ3) is 1.23. The van der Waals surface area contributed by atoms with Gasteiger partial charge >= 0.3 is 6.41 Å². The summed E-state index contributed by atoms with van der Waals surface area (Å²) < 4.78 is 0. The highest BCUT2D eigenvalue weighted by Gasteiger charge is 2.21. The number of amides is 1. The zero-order valence-electron chi connectivity index (χ0n) is 8.68. The number of anilines is 2. The molecule has 0 N–H and O–H groups in total. The quantitative estimate of drug-likeness (QED) is 0.705. The average Bonchev–Trinajstić information content (AvgIpc) is 2.36. The molecule has 2 heteroatoms. The first-order valence-corrected chi connectivity index (χ1v) is 5.24. The highest BCUT2D eigenvalue weighted by molar-refractivity contribution is 5.91. The second kappa shape index (κ2) is 3.49. The number of nitrogens with zero attached hydrogens (tertiary/aromatic N) is 1. The van der Waals surface area contributed by atoms with Gasteiger partial charge in [-0.2, -0.15) is 0 Å². The molecule has 0 bridgehead atoms. The molecule has 1 radical (unpaired) electrons. The van der Waals surface area contributed by atoms with Crippen LogP contribution < -0.4 is 4.90 Å². The Morgan fingerprint density at radius 2 is 1.38 bits per heavy atom. The van der Waals surface area contributed by atoms with Gasteiger partial charge in [0, 0.05) is 6.42 Å². The van der Waals surface area contributed by atoms with Crippen molar-refractivity contribution in [2.24, 2.45) is 0 Å². The van der Waals surface area contributed by atoms with Gasteiger partial charge in [-0.05, 0) is 23.3 Å². The Morgan fingerprint density at radius 3 is 1.88 bits per heavy atom. The van der Waals surface area contributed by atoms with Gasteiger partial charge in [-0.25, -0.2) is 0 Å². The van der Waals surface area contributed by atoms with Crippen molar-refractivity contribution in [2.75, 3.05) is 4.90 Å². The molecule has 0 aliphatic carbocycles. The van der Waals surface area contributed by atoms with Gasteiger partial charge in [-0.1, -0.05) is 36.4 Å². The standard InChI is InChI=1S/C14H10NO/c16-10-15-13-7-3-1-5-11(13)9-12-6-2-4-8-14(12)15/h1-8H,9H2. The first-order chi connectivity index (χ1) is 7.90. The molecule has 1 aliphatic heterocycles. The summed E-state index contributed by atoms with van der Waals surface area (Å²) in [5, 5.41) is 0. The van der Waals surface area contributed by atoms with Gasteiger partial charge in [0.05, 0.1) is 11.4 Å². The highest BCUT2D eigenvalue weighted by Crippen LogP contribution is 2.36. The molecular weight excluding hydrogens is 198 g/mol. The molecule has 2 nitrogen and oxygen atoms in total. The Morgan fingerprint density at radius 1 is 0.875 bits per heavy atom. The van der Waals surface area contributed by atoms with Crippen LogP contribution in [-0.2, 0) is 11.2 Å². The zero-order chi connectivity index (χ0) is 11.0. The molecule has 0 saturated heterocycles. The largest absolute Gasteiger partial charge is 0.321 e. The van der Waals surface area contributed by atoms with E-state index in [1.807, 2.05) is 42.8 Å². The Kier molecular flexibility index (Phi) is 2.00. The summed E-state index contributed by atoms with van der Waals surface area (Å²) >= 11 is 0. The van der Waals surface area contributed by atoms with E-state index in [1.165, 1.54) is 11.1 Å². The van der Waals surface area contributed by atoms with Crippen molar-refractivity contribution < 1.29 is 4.79 Å². The minimum atomic E-state index is 0.879. The maximum atomic E-state index is 11.1. The molecule has 3 rings (SSSR count). The minimum Gasteiger partial charge on any atom is -0.272 e. The first-order valence-electron chi connectivity index (χ1n) is 5.24. The van der Waals surface area contributed by atoms with Gasteiger partial charge in [-0.15, -0.1) is 0 Å². The summed E-state index contributed by atoms with van der Waals surface area (Å²) in [6.45, 7) is 0. The Labute approximate surface area is 94.1 Å². The lowest BCUT2D eigenvalue weighted by atomic mass is 9.96. The molecule has 1 amide bonds. The van der Waals surface area contributed by atoms with Gasteiger partial charge in [-0.3, -0.25) is 9.69 Å². The molecule has 1 aliphatic rings. The summed E-state index contributed by atoms with van der Waals surface area (Å²) in [4.78, 5) is 12.7. The summed E-state index contributed by atoms with van der Waals surface area (Å²) in [6.07, 6.45) is 2.88. The topological polar surface area (TPSA) is 20.3 Å². The predicted molar refractivity (Wildman–Crippen MR) is 63.5 cm³/mol. The Hall–Kier alpha value is -2.09. The molecule has 0 spiro atoms. The number of para-hydroxylation sites is 2. The lowest BCUT2D eigenvalue weighted by molar-refractivity contribution is 0.555. The van der Waals surface area contributed by atoms with Crippen LogP contribution >= 0.6 is 0 Å². The molecule has 77 valence electrons. The fourth-order valence-corrected chi connectivity index (χ4v) is 2.19. The fraction of sp³-hybridized carbons (Fsp3) is 0.0714. The number of rotatable bonds is 1. The smallest absolute Gasteiger partial charge is 0.272 e. The molecule has 2 aromatic carbocycles. The minimum absolute atomic E-state index is 0.879. The maximum Gasteiger partial charge on any atom is 0.321 e. The second-order valence-electron chi connectivity index (χ2n) is 3.86. The van der Waals surface area contributed by atoms with Crippen molar-refractivity contribution in [3.8, 4) is 0 Å². The van der Waals surface area contributed by atoms with E-state index in [0.29, 0.717) is 0 Å². The molecule has 0 aromatic heterocycles. The van der Waals surface area contributed by atoms with Crippen LogP contribution in [0, 0.1) is 0 Å². The average molecular weight is 208 g/mol. The molecular formula is C14H10NO. The van der Waals surface area contributed by atoms with Crippen LogP contribution in [0.1, 0.15) is 11.1 Å². The van der Waals surface area contributed by atoms with E-state index in [-0.39, 0.29) is 0 Å². The van der Waals surface area contributed by atoms with Crippen molar-refractivity contribution in [2.45, 2.75) is 6.42 Å². The molecule has 0 atom stereocenters. The van der Waals surface area contributed by atoms with Crippen LogP contribution in [0.4, 0.5) is 11.4 Å². The number of fused-ring (bicyclic) bond motifs is 2. The van der Waals surface area contributed by atoms with Crippen LogP contribution in [-0.4, -0.2) is 6.41 Å². The Bertz CT molecular complexity index is 502. The van der Waals surface area contributed by atoms with E-state index in [9.17, 15) is 4.79 Å². The van der Waals surface area contributed by atoms with Gasteiger partial charge in [0.15, 0.2) is 0 Å². The van der Waals surface area contributed by atoms with Crippen molar-refractivity contribution in [3.05, 3.63) is 59.7 Å². The van der Waals surface area contributed by atoms with Crippen molar-refractivity contribution in [1.82, 2.24) is 0 Å². The van der Waals surface area contributed by atoms with Gasteiger partial charge in [0.25, 0.3) is 0 Å². The molecule has 1 heterocycles. The number of benzene rings is 2. The van der Waals surface area contributed by atoms with Crippen LogP contribution in [0.5, 0.6) is 0 Å². The summed E-state index contributed by atoms with van der Waals surface area (Å²) in [5.74, 6) is 0. The van der Waals surface area contributed by atoms with E-state index < -0.39 is 0 Å². The Balaban J connectivity index is 2.23. The predicted octanol–water partition coefficient (Wildman–Crippen LogP) is 2.80. The molecule has 0 fully saturated rings. The number of hydrogen-bond acceptors (Lipinski definition) is 1. The van der Waals surface area contributed by atoms with Crippen LogP contribution in [0.25, 0.3) is 0 Å². The fourth-order valence-electron chi connectivity index (χ4n) is 2.19. The van der Waals surface area contributed by atoms with Gasteiger partial charge in [0.2, 0.25) is 0 Å². The SMILES string of the molecule is O=[C]N1c2ccccc2Cc2ccccc21. The van der Waals surface area contributed by atoms with Crippen LogP contribution in [0.3, 0.4) is 0 Å². The summed E-state index contributed by atoms with van der Waals surface area (Å²) in [6, 6.07) is 15.9. The van der Waals surface area contributed by atoms with E-state index in [0.717, 1.165) is 17.8 Å². The lowest BCUT2D eigenvalue weighted by Crippen LogP contribution is -2.21. The third-order valence-electron chi connectivity index (χ3n) is 2.94. The van der Waals surface area contributed by atoms with Crippen molar-refractivity contribution in [1.29, 1.82) is 0 Å². The van der Waals surface area contributed by atoms with Crippen molar-refractivity contribution in [3.63, 3.8) is 0 Å². The van der Waals surface area contributed by atoms with E-state index in [4.69, 9.17) is 0 Å². The zero-order valence-corrected chi connectivity index (χ0v) is 8.68. The van der Waals surface area contributed by atoms with E-state index >= 15 is 0 Å². The molecule has 0 unspecified atom stereocenters. The molecule has 16 heavy (non-hydrogen) atoms. The maximum absolute atomic E-state index is 11.1. The van der Waals surface area contributed by atoms with E-state index in [2.05, 4.69) is 12.1 Å². The highest BCUT2D eigenvalue weighted by atomic mass is 16.1.